The Balaban J connectivity index is 1.67. The van der Waals surface area contributed by atoms with Gasteiger partial charge in [-0.25, -0.2) is 0 Å². The molecule has 5 heteroatoms. The molecule has 0 radical (unpaired) electrons. The third-order valence-electron chi connectivity index (χ3n) is 2.74. The lowest BCUT2D eigenvalue weighted by molar-refractivity contribution is 0.267. The molecule has 0 unspecified atom stereocenters. The van der Waals surface area contributed by atoms with Crippen molar-refractivity contribution in [2.24, 2.45) is 0 Å². The van der Waals surface area contributed by atoms with Gasteiger partial charge in [-0.2, -0.15) is 0 Å². The third-order valence-corrected chi connectivity index (χ3v) is 2.94. The molecule has 0 saturated heterocycles. The highest BCUT2D eigenvalue weighted by Crippen LogP contribution is 2.25. The second-order valence-electron chi connectivity index (χ2n) is 4.32. The predicted octanol–water partition coefficient (Wildman–Crippen LogP) is 4.71. The van der Waals surface area contributed by atoms with E-state index in [1.165, 1.54) is 0 Å². The number of hydrogen-bond donors (Lipinski definition) is 1. The van der Waals surface area contributed by atoms with Gasteiger partial charge in [-0.15, -0.1) is 0 Å². The summed E-state index contributed by atoms with van der Waals surface area (Å²) in [6.07, 6.45) is 1.69. The van der Waals surface area contributed by atoms with Crippen molar-refractivity contribution in [3.8, 4) is 17.2 Å². The van der Waals surface area contributed by atoms with E-state index in [1.807, 2.05) is 54.6 Å². The highest BCUT2D eigenvalue weighted by Gasteiger charge is 2.02. The number of rotatable bonds is 5. The molecule has 1 N–H and O–H groups in total. The fraction of sp³-hybridized carbons (Fsp3) is 0.0625. The Labute approximate surface area is 127 Å². The smallest absolute Gasteiger partial charge is 0.266 e. The first-order valence-corrected chi connectivity index (χ1v) is 6.83. The topological polar surface area (TPSA) is 47.4 Å². The van der Waals surface area contributed by atoms with Crippen molar-refractivity contribution in [3.05, 3.63) is 71.4 Å². The molecule has 0 amide bonds. The van der Waals surface area contributed by atoms with Gasteiger partial charge in [0.25, 0.3) is 4.84 Å². The normalized spacial score (nSPS) is 10.3. The molecule has 4 nitrogen and oxygen atoms in total. The summed E-state index contributed by atoms with van der Waals surface area (Å²) >= 11 is 4.86. The van der Waals surface area contributed by atoms with Gasteiger partial charge in [-0.1, -0.05) is 24.3 Å². The number of aromatic nitrogens is 1. The summed E-state index contributed by atoms with van der Waals surface area (Å²) in [4.78, 5) is 3.13. The van der Waals surface area contributed by atoms with Crippen LogP contribution >= 0.6 is 12.2 Å². The molecule has 0 aliphatic heterocycles. The Morgan fingerprint density at radius 3 is 2.48 bits per heavy atom. The summed E-state index contributed by atoms with van der Waals surface area (Å²) in [5.41, 5.74) is 0. The first-order valence-electron chi connectivity index (χ1n) is 6.43. The first kappa shape index (κ1) is 13.5. The van der Waals surface area contributed by atoms with Crippen molar-refractivity contribution in [1.29, 1.82) is 0 Å². The van der Waals surface area contributed by atoms with Crippen LogP contribution in [-0.2, 0) is 6.61 Å². The van der Waals surface area contributed by atoms with Crippen LogP contribution in [0.5, 0.6) is 17.2 Å². The summed E-state index contributed by atoms with van der Waals surface area (Å²) < 4.78 is 16.6. The van der Waals surface area contributed by atoms with Gasteiger partial charge >= 0.3 is 0 Å². The average Bonchev–Trinajstić information content (AvgIpc) is 2.92. The molecule has 1 heterocycles. The quantitative estimate of drug-likeness (QED) is 0.693. The fourth-order valence-electron chi connectivity index (χ4n) is 1.80. The minimum atomic E-state index is 0.307. The van der Waals surface area contributed by atoms with Gasteiger partial charge in [0.1, 0.15) is 23.9 Å². The molecule has 1 aromatic heterocycles. The standard InChI is InChI=1S/C16H13NO3S/c21-16-17-10-15(20-16)11-18-13-7-4-8-14(9-13)19-12-5-2-1-3-6-12/h1-10H,11H2,(H,17,21). The second-order valence-corrected chi connectivity index (χ2v) is 4.69. The van der Waals surface area contributed by atoms with Crippen LogP contribution in [0.2, 0.25) is 0 Å². The van der Waals surface area contributed by atoms with E-state index in [0.717, 1.165) is 5.75 Å². The van der Waals surface area contributed by atoms with Crippen LogP contribution < -0.4 is 9.47 Å². The van der Waals surface area contributed by atoms with Crippen molar-refractivity contribution in [2.75, 3.05) is 0 Å². The fourth-order valence-corrected chi connectivity index (χ4v) is 1.96. The number of hydrogen-bond acceptors (Lipinski definition) is 4. The van der Waals surface area contributed by atoms with Crippen LogP contribution in [0.3, 0.4) is 0 Å². The molecule has 0 saturated carbocycles. The van der Waals surface area contributed by atoms with E-state index in [0.29, 0.717) is 28.7 Å². The van der Waals surface area contributed by atoms with E-state index in [4.69, 9.17) is 26.1 Å². The lowest BCUT2D eigenvalue weighted by Crippen LogP contribution is -1.94. The molecular weight excluding hydrogens is 286 g/mol. The Kier molecular flexibility index (Phi) is 4.02. The first-order chi connectivity index (χ1) is 10.3. The van der Waals surface area contributed by atoms with Gasteiger partial charge in [0, 0.05) is 12.3 Å². The summed E-state index contributed by atoms with van der Waals surface area (Å²) in [5, 5.41) is 0. The molecular formula is C16H13NO3S. The van der Waals surface area contributed by atoms with Gasteiger partial charge in [-0.05, 0) is 36.5 Å². The highest BCUT2D eigenvalue weighted by molar-refractivity contribution is 7.71. The maximum absolute atomic E-state index is 5.75. The molecule has 0 atom stereocenters. The lowest BCUT2D eigenvalue weighted by atomic mass is 10.3. The Morgan fingerprint density at radius 1 is 0.952 bits per heavy atom. The van der Waals surface area contributed by atoms with Gasteiger partial charge in [0.15, 0.2) is 5.76 Å². The molecule has 2 aromatic carbocycles. The number of ether oxygens (including phenoxy) is 2. The summed E-state index contributed by atoms with van der Waals surface area (Å²) in [6, 6.07) is 17.0. The van der Waals surface area contributed by atoms with Crippen molar-refractivity contribution in [1.82, 2.24) is 4.98 Å². The molecule has 0 bridgehead atoms. The van der Waals surface area contributed by atoms with Crippen LogP contribution in [0, 0.1) is 4.84 Å². The average molecular weight is 299 g/mol. The van der Waals surface area contributed by atoms with E-state index in [9.17, 15) is 0 Å². The zero-order valence-corrected chi connectivity index (χ0v) is 11.9. The molecule has 0 aliphatic carbocycles. The maximum Gasteiger partial charge on any atom is 0.266 e. The van der Waals surface area contributed by atoms with Gasteiger partial charge in [-0.3, -0.25) is 0 Å². The summed E-state index contributed by atoms with van der Waals surface area (Å²) in [5.74, 6) is 2.85. The Hall–Kier alpha value is -2.53. The van der Waals surface area contributed by atoms with Gasteiger partial charge in [0.2, 0.25) is 0 Å². The molecule has 106 valence electrons. The SMILES string of the molecule is S=c1[nH]cc(COc2cccc(Oc3ccccc3)c2)o1. The van der Waals surface area contributed by atoms with Crippen LogP contribution in [0.4, 0.5) is 0 Å². The van der Waals surface area contributed by atoms with Crippen molar-refractivity contribution < 1.29 is 13.9 Å². The van der Waals surface area contributed by atoms with Crippen LogP contribution in [0.15, 0.2) is 65.2 Å². The van der Waals surface area contributed by atoms with E-state index in [1.54, 1.807) is 6.20 Å². The number of aromatic amines is 1. The van der Waals surface area contributed by atoms with E-state index >= 15 is 0 Å². The number of nitrogens with one attached hydrogen (secondary N) is 1. The summed E-state index contributed by atoms with van der Waals surface area (Å²) in [7, 11) is 0. The monoisotopic (exact) mass is 299 g/mol. The molecule has 0 spiro atoms. The van der Waals surface area contributed by atoms with Crippen LogP contribution in [-0.4, -0.2) is 4.98 Å². The molecule has 0 fully saturated rings. The van der Waals surface area contributed by atoms with Crippen molar-refractivity contribution in [3.63, 3.8) is 0 Å². The third kappa shape index (κ3) is 3.73. The largest absolute Gasteiger partial charge is 0.485 e. The van der Waals surface area contributed by atoms with Gasteiger partial charge < -0.3 is 18.9 Å². The highest BCUT2D eigenvalue weighted by atomic mass is 32.1. The van der Waals surface area contributed by atoms with Crippen molar-refractivity contribution >= 4 is 12.2 Å². The molecule has 3 aromatic rings. The number of H-pyrrole nitrogens is 1. The number of oxazole rings is 1. The Morgan fingerprint density at radius 2 is 1.71 bits per heavy atom. The van der Waals surface area contributed by atoms with Crippen LogP contribution in [0.25, 0.3) is 0 Å². The minimum Gasteiger partial charge on any atom is -0.485 e. The predicted molar refractivity (Wildman–Crippen MR) is 81.2 cm³/mol. The lowest BCUT2D eigenvalue weighted by Gasteiger charge is -2.08. The molecule has 0 aliphatic rings. The number of benzene rings is 2. The van der Waals surface area contributed by atoms with Crippen LogP contribution in [0.1, 0.15) is 5.76 Å². The van der Waals surface area contributed by atoms with E-state index in [2.05, 4.69) is 4.98 Å². The zero-order valence-electron chi connectivity index (χ0n) is 11.1. The van der Waals surface area contributed by atoms with Gasteiger partial charge in [0.05, 0.1) is 0 Å². The summed E-state index contributed by atoms with van der Waals surface area (Å²) in [6.45, 7) is 0.307. The minimum absolute atomic E-state index is 0.307. The van der Waals surface area contributed by atoms with E-state index in [-0.39, 0.29) is 0 Å². The molecule has 3 rings (SSSR count). The Bertz CT molecular complexity index is 764. The number of para-hydroxylation sites is 1. The van der Waals surface area contributed by atoms with E-state index < -0.39 is 0 Å². The second kappa shape index (κ2) is 6.28. The zero-order chi connectivity index (χ0) is 14.5. The molecule has 21 heavy (non-hydrogen) atoms. The maximum atomic E-state index is 5.75. The van der Waals surface area contributed by atoms with Crippen molar-refractivity contribution in [2.45, 2.75) is 6.61 Å².